The number of aryl methyl sites for hydroxylation is 1. The summed E-state index contributed by atoms with van der Waals surface area (Å²) in [5.74, 6) is 1.18. The molecule has 0 aliphatic carbocycles. The second-order valence-corrected chi connectivity index (χ2v) is 8.98. The summed E-state index contributed by atoms with van der Waals surface area (Å²) in [7, 11) is 3.17. The number of hydrogen-bond donors (Lipinski definition) is 2. The maximum absolute atomic E-state index is 13.0. The first-order valence-corrected chi connectivity index (χ1v) is 12.1. The van der Waals surface area contributed by atoms with E-state index in [1.54, 1.807) is 20.3 Å². The van der Waals surface area contributed by atoms with Gasteiger partial charge in [-0.3, -0.25) is 9.69 Å². The number of hydrogen-bond acceptors (Lipinski definition) is 6. The lowest BCUT2D eigenvalue weighted by molar-refractivity contribution is 0.0358. The van der Waals surface area contributed by atoms with E-state index in [2.05, 4.69) is 15.2 Å². The van der Waals surface area contributed by atoms with Crippen LogP contribution in [-0.2, 0) is 11.3 Å². The van der Waals surface area contributed by atoms with E-state index in [0.29, 0.717) is 40.8 Å². The van der Waals surface area contributed by atoms with Crippen LogP contribution in [0.1, 0.15) is 11.1 Å². The molecule has 2 N–H and O–H groups in total. The molecular weight excluding hydrogens is 464 g/mol. The maximum atomic E-state index is 13.0. The maximum Gasteiger partial charge on any atom is 0.253 e. The second-order valence-electron chi connectivity index (χ2n) is 8.59. The molecule has 2 heterocycles. The SMILES string of the molecule is COc1cc2cc(CN(CCN3CCOCC3)C(=S)Nc3ccc(C)cc3)c(=O)[nH]c2cc1OC. The predicted molar refractivity (Wildman–Crippen MR) is 143 cm³/mol. The van der Waals surface area contributed by atoms with E-state index in [1.165, 1.54) is 5.56 Å². The molecule has 0 saturated carbocycles. The molecule has 0 amide bonds. The normalized spacial score (nSPS) is 14.0. The number of aromatic nitrogens is 1. The summed E-state index contributed by atoms with van der Waals surface area (Å²) in [6.07, 6.45) is 0. The first-order valence-electron chi connectivity index (χ1n) is 11.7. The van der Waals surface area contributed by atoms with Gasteiger partial charge in [0.25, 0.3) is 5.56 Å². The fourth-order valence-electron chi connectivity index (χ4n) is 4.08. The lowest BCUT2D eigenvalue weighted by Gasteiger charge is -2.31. The van der Waals surface area contributed by atoms with Gasteiger partial charge < -0.3 is 29.4 Å². The van der Waals surface area contributed by atoms with Gasteiger partial charge in [-0.2, -0.15) is 0 Å². The average molecular weight is 497 g/mol. The van der Waals surface area contributed by atoms with Crippen LogP contribution in [0, 0.1) is 6.92 Å². The third-order valence-electron chi connectivity index (χ3n) is 6.17. The highest BCUT2D eigenvalue weighted by Gasteiger charge is 2.17. The fraction of sp³-hybridized carbons (Fsp3) is 0.385. The molecule has 9 heteroatoms. The van der Waals surface area contributed by atoms with Gasteiger partial charge in [-0.25, -0.2) is 0 Å². The van der Waals surface area contributed by atoms with Crippen LogP contribution in [0.2, 0.25) is 0 Å². The molecule has 3 aromatic rings. The Bertz CT molecular complexity index is 1220. The smallest absolute Gasteiger partial charge is 0.253 e. The predicted octanol–water partition coefficient (Wildman–Crippen LogP) is 3.38. The number of fused-ring (bicyclic) bond motifs is 1. The molecule has 186 valence electrons. The minimum Gasteiger partial charge on any atom is -0.493 e. The number of morpholine rings is 1. The van der Waals surface area contributed by atoms with Crippen molar-refractivity contribution in [3.8, 4) is 11.5 Å². The van der Waals surface area contributed by atoms with Crippen LogP contribution in [0.5, 0.6) is 11.5 Å². The van der Waals surface area contributed by atoms with Crippen LogP contribution in [0.4, 0.5) is 5.69 Å². The number of pyridine rings is 1. The van der Waals surface area contributed by atoms with Gasteiger partial charge in [-0.1, -0.05) is 17.7 Å². The van der Waals surface area contributed by atoms with Crippen LogP contribution < -0.4 is 20.3 Å². The van der Waals surface area contributed by atoms with Gasteiger partial charge in [0.2, 0.25) is 0 Å². The van der Waals surface area contributed by atoms with Gasteiger partial charge in [-0.15, -0.1) is 0 Å². The Hall–Kier alpha value is -3.14. The third kappa shape index (κ3) is 6.30. The first-order chi connectivity index (χ1) is 17.0. The second kappa shape index (κ2) is 11.5. The van der Waals surface area contributed by atoms with Crippen molar-refractivity contribution in [3.63, 3.8) is 0 Å². The molecule has 8 nitrogen and oxygen atoms in total. The molecule has 1 saturated heterocycles. The Kier molecular flexibility index (Phi) is 8.22. The Labute approximate surface area is 210 Å². The van der Waals surface area contributed by atoms with Crippen molar-refractivity contribution in [3.05, 3.63) is 63.9 Å². The quantitative estimate of drug-likeness (QED) is 0.460. The Balaban J connectivity index is 1.58. The van der Waals surface area contributed by atoms with Gasteiger partial charge in [0.1, 0.15) is 0 Å². The zero-order valence-electron chi connectivity index (χ0n) is 20.4. The summed E-state index contributed by atoms with van der Waals surface area (Å²) in [4.78, 5) is 20.4. The largest absolute Gasteiger partial charge is 0.493 e. The van der Waals surface area contributed by atoms with Crippen molar-refractivity contribution in [1.82, 2.24) is 14.8 Å². The van der Waals surface area contributed by atoms with Gasteiger partial charge in [-0.05, 0) is 43.4 Å². The average Bonchev–Trinajstić information content (AvgIpc) is 2.87. The molecule has 1 aliphatic heterocycles. The van der Waals surface area contributed by atoms with Gasteiger partial charge >= 0.3 is 0 Å². The number of nitrogens with one attached hydrogen (secondary N) is 2. The number of H-pyrrole nitrogens is 1. The highest BCUT2D eigenvalue weighted by atomic mass is 32.1. The van der Waals surface area contributed by atoms with Crippen LogP contribution in [0.3, 0.4) is 0 Å². The molecule has 35 heavy (non-hydrogen) atoms. The molecule has 0 bridgehead atoms. The lowest BCUT2D eigenvalue weighted by atomic mass is 10.1. The van der Waals surface area contributed by atoms with Crippen molar-refractivity contribution in [1.29, 1.82) is 0 Å². The Morgan fingerprint density at radius 1 is 1.11 bits per heavy atom. The van der Waals surface area contributed by atoms with Crippen molar-refractivity contribution in [2.45, 2.75) is 13.5 Å². The van der Waals surface area contributed by atoms with Crippen LogP contribution in [-0.4, -0.2) is 73.5 Å². The number of benzene rings is 2. The molecule has 4 rings (SSSR count). The molecule has 0 spiro atoms. The van der Waals surface area contributed by atoms with E-state index in [1.807, 2.05) is 48.2 Å². The summed E-state index contributed by atoms with van der Waals surface area (Å²) in [6, 6.07) is 13.6. The van der Waals surface area contributed by atoms with Crippen molar-refractivity contribution < 1.29 is 14.2 Å². The standard InChI is InChI=1S/C26H32N4O4S/c1-18-4-6-21(7-5-18)27-26(35)30(9-8-29-10-12-34-13-11-29)17-20-14-19-15-23(32-2)24(33-3)16-22(19)28-25(20)31/h4-7,14-16H,8-13,17H2,1-3H3,(H,27,35)(H,28,31). The summed E-state index contributed by atoms with van der Waals surface area (Å²) >= 11 is 5.79. The highest BCUT2D eigenvalue weighted by molar-refractivity contribution is 7.80. The first kappa shape index (κ1) is 25.0. The number of thiocarbonyl (C=S) groups is 1. The minimum absolute atomic E-state index is 0.153. The van der Waals surface area contributed by atoms with Crippen LogP contribution >= 0.6 is 12.2 Å². The summed E-state index contributed by atoms with van der Waals surface area (Å²) in [5.41, 5.74) is 3.26. The molecule has 1 aromatic heterocycles. The Morgan fingerprint density at radius 3 is 2.49 bits per heavy atom. The van der Waals surface area contributed by atoms with Crippen LogP contribution in [0.25, 0.3) is 10.9 Å². The zero-order chi connectivity index (χ0) is 24.8. The number of nitrogens with zero attached hydrogens (tertiary/aromatic N) is 2. The molecule has 0 radical (unpaired) electrons. The van der Waals surface area contributed by atoms with Crippen molar-refractivity contribution >= 4 is 33.9 Å². The zero-order valence-corrected chi connectivity index (χ0v) is 21.2. The summed E-state index contributed by atoms with van der Waals surface area (Å²) in [5, 5.41) is 4.77. The topological polar surface area (TPSA) is 79.1 Å². The highest BCUT2D eigenvalue weighted by Crippen LogP contribution is 2.31. The molecule has 1 fully saturated rings. The minimum atomic E-state index is -0.153. The monoisotopic (exact) mass is 496 g/mol. The van der Waals surface area contributed by atoms with Gasteiger partial charge in [0.05, 0.1) is 39.5 Å². The number of methoxy groups -OCH3 is 2. The number of anilines is 1. The van der Waals surface area contributed by atoms with E-state index < -0.39 is 0 Å². The summed E-state index contributed by atoms with van der Waals surface area (Å²) in [6.45, 7) is 7.20. The van der Waals surface area contributed by atoms with E-state index in [4.69, 9.17) is 26.4 Å². The fourth-order valence-corrected chi connectivity index (χ4v) is 4.35. The molecule has 0 atom stereocenters. The molecular formula is C26H32N4O4S. The van der Waals surface area contributed by atoms with Gasteiger partial charge in [0.15, 0.2) is 16.6 Å². The molecule has 0 unspecified atom stereocenters. The van der Waals surface area contributed by atoms with E-state index in [0.717, 1.165) is 43.9 Å². The lowest BCUT2D eigenvalue weighted by Crippen LogP contribution is -2.44. The van der Waals surface area contributed by atoms with Gasteiger partial charge in [0, 0.05) is 48.9 Å². The molecule has 1 aliphatic rings. The Morgan fingerprint density at radius 2 is 1.80 bits per heavy atom. The third-order valence-corrected chi connectivity index (χ3v) is 6.53. The number of aromatic amines is 1. The van der Waals surface area contributed by atoms with E-state index >= 15 is 0 Å². The number of ether oxygens (including phenoxy) is 3. The van der Waals surface area contributed by atoms with Crippen LogP contribution in [0.15, 0.2) is 47.3 Å². The number of rotatable bonds is 8. The summed E-state index contributed by atoms with van der Waals surface area (Å²) < 4.78 is 16.3. The van der Waals surface area contributed by atoms with E-state index in [-0.39, 0.29) is 5.56 Å². The van der Waals surface area contributed by atoms with E-state index in [9.17, 15) is 4.79 Å². The van der Waals surface area contributed by atoms with Crippen molar-refractivity contribution in [2.24, 2.45) is 0 Å². The van der Waals surface area contributed by atoms with Crippen molar-refractivity contribution in [2.75, 3.05) is 58.9 Å². The molecule has 2 aromatic carbocycles.